The summed E-state index contributed by atoms with van der Waals surface area (Å²) in [4.78, 5) is 2.03. The lowest BCUT2D eigenvalue weighted by atomic mass is 10.2. The summed E-state index contributed by atoms with van der Waals surface area (Å²) in [6, 6.07) is 8.68. The van der Waals surface area contributed by atoms with E-state index in [4.69, 9.17) is 5.11 Å². The molecule has 0 aliphatic rings. The first-order valence-corrected chi connectivity index (χ1v) is 5.32. The molecule has 0 saturated carbocycles. The molecule has 0 bridgehead atoms. The zero-order valence-corrected chi connectivity index (χ0v) is 9.70. The van der Waals surface area contributed by atoms with Crippen molar-refractivity contribution in [1.29, 1.82) is 0 Å². The summed E-state index contributed by atoms with van der Waals surface area (Å²) in [5.41, 5.74) is 2.25. The Balaban J connectivity index is 2.63. The fourth-order valence-electron chi connectivity index (χ4n) is 1.42. The van der Waals surface area contributed by atoms with Crippen LogP contribution < -0.4 is 10.2 Å². The van der Waals surface area contributed by atoms with E-state index in [0.717, 1.165) is 11.4 Å². The zero-order chi connectivity index (χ0) is 11.3. The summed E-state index contributed by atoms with van der Waals surface area (Å²) in [7, 11) is 1.97. The molecule has 0 aromatic heterocycles. The van der Waals surface area contributed by atoms with E-state index in [0.29, 0.717) is 12.6 Å². The lowest BCUT2D eigenvalue weighted by Gasteiger charge is -2.18. The minimum Gasteiger partial charge on any atom is -0.395 e. The van der Waals surface area contributed by atoms with E-state index >= 15 is 0 Å². The van der Waals surface area contributed by atoms with Crippen LogP contribution in [0.3, 0.4) is 0 Å². The van der Waals surface area contributed by atoms with Crippen LogP contribution in [0.25, 0.3) is 0 Å². The Morgan fingerprint density at radius 3 is 2.33 bits per heavy atom. The van der Waals surface area contributed by atoms with Crippen LogP contribution >= 0.6 is 0 Å². The van der Waals surface area contributed by atoms with Crippen molar-refractivity contribution in [2.75, 3.05) is 30.4 Å². The molecule has 1 rings (SSSR count). The second kappa shape index (κ2) is 5.61. The number of hydrogen-bond donors (Lipinski definition) is 2. The lowest BCUT2D eigenvalue weighted by Crippen LogP contribution is -2.21. The topological polar surface area (TPSA) is 35.5 Å². The van der Waals surface area contributed by atoms with Crippen molar-refractivity contribution >= 4 is 11.4 Å². The molecule has 0 heterocycles. The minimum atomic E-state index is 0.183. The lowest BCUT2D eigenvalue weighted by molar-refractivity contribution is 0.304. The van der Waals surface area contributed by atoms with E-state index in [9.17, 15) is 0 Å². The number of likely N-dealkylation sites (N-methyl/N-ethyl adjacent to an activating group) is 1. The van der Waals surface area contributed by atoms with Gasteiger partial charge in [-0.05, 0) is 38.1 Å². The number of anilines is 2. The predicted octanol–water partition coefficient (Wildman–Crippen LogP) is 1.94. The molecule has 3 heteroatoms. The predicted molar refractivity (Wildman–Crippen MR) is 65.6 cm³/mol. The van der Waals surface area contributed by atoms with E-state index in [1.807, 2.05) is 11.9 Å². The molecule has 0 amide bonds. The van der Waals surface area contributed by atoms with Crippen LogP contribution in [0.1, 0.15) is 13.8 Å². The highest BCUT2D eigenvalue weighted by molar-refractivity contribution is 5.54. The first-order valence-electron chi connectivity index (χ1n) is 5.32. The molecule has 15 heavy (non-hydrogen) atoms. The largest absolute Gasteiger partial charge is 0.395 e. The first-order chi connectivity index (χ1) is 7.13. The average Bonchev–Trinajstić information content (AvgIpc) is 2.18. The van der Waals surface area contributed by atoms with Crippen LogP contribution in [-0.2, 0) is 0 Å². The summed E-state index contributed by atoms with van der Waals surface area (Å²) in [5, 5.41) is 12.2. The standard InChI is InChI=1S/C12H20N2O/c1-10(2)13-11-4-6-12(7-5-11)14(3)8-9-15/h4-7,10,13,15H,8-9H2,1-3H3. The summed E-state index contributed by atoms with van der Waals surface area (Å²) in [5.74, 6) is 0. The van der Waals surface area contributed by atoms with Crippen LogP contribution in [0.2, 0.25) is 0 Å². The highest BCUT2D eigenvalue weighted by Gasteiger charge is 2.00. The van der Waals surface area contributed by atoms with Crippen LogP contribution in [0.15, 0.2) is 24.3 Å². The summed E-state index contributed by atoms with van der Waals surface area (Å²) in [6.45, 7) is 5.08. The van der Waals surface area contributed by atoms with Gasteiger partial charge in [-0.1, -0.05) is 0 Å². The summed E-state index contributed by atoms with van der Waals surface area (Å²) < 4.78 is 0. The second-order valence-electron chi connectivity index (χ2n) is 3.99. The molecule has 0 aliphatic carbocycles. The molecule has 0 fully saturated rings. The third kappa shape index (κ3) is 3.80. The van der Waals surface area contributed by atoms with Gasteiger partial charge in [0.25, 0.3) is 0 Å². The van der Waals surface area contributed by atoms with Gasteiger partial charge in [0.2, 0.25) is 0 Å². The number of nitrogens with one attached hydrogen (secondary N) is 1. The molecule has 0 radical (unpaired) electrons. The highest BCUT2D eigenvalue weighted by atomic mass is 16.3. The molecule has 0 saturated heterocycles. The molecule has 2 N–H and O–H groups in total. The van der Waals surface area contributed by atoms with Crippen LogP contribution in [0.5, 0.6) is 0 Å². The smallest absolute Gasteiger partial charge is 0.0606 e. The molecule has 1 aromatic rings. The molecule has 0 unspecified atom stereocenters. The monoisotopic (exact) mass is 208 g/mol. The zero-order valence-electron chi connectivity index (χ0n) is 9.70. The summed E-state index contributed by atoms with van der Waals surface area (Å²) in [6.07, 6.45) is 0. The average molecular weight is 208 g/mol. The maximum absolute atomic E-state index is 8.82. The fraction of sp³-hybridized carbons (Fsp3) is 0.500. The number of rotatable bonds is 5. The Morgan fingerprint density at radius 1 is 1.27 bits per heavy atom. The van der Waals surface area contributed by atoms with Crippen molar-refractivity contribution in [2.24, 2.45) is 0 Å². The minimum absolute atomic E-state index is 0.183. The number of aliphatic hydroxyl groups excluding tert-OH is 1. The Hall–Kier alpha value is -1.22. The fourth-order valence-corrected chi connectivity index (χ4v) is 1.42. The molecule has 0 aliphatic heterocycles. The Labute approximate surface area is 91.7 Å². The quantitative estimate of drug-likeness (QED) is 0.776. The van der Waals surface area contributed by atoms with E-state index in [2.05, 4.69) is 43.4 Å². The van der Waals surface area contributed by atoms with Gasteiger partial charge in [-0.15, -0.1) is 0 Å². The molecular weight excluding hydrogens is 188 g/mol. The molecule has 0 atom stereocenters. The van der Waals surface area contributed by atoms with Crippen molar-refractivity contribution in [3.05, 3.63) is 24.3 Å². The normalized spacial score (nSPS) is 10.5. The van der Waals surface area contributed by atoms with Gasteiger partial charge in [0, 0.05) is 31.0 Å². The van der Waals surface area contributed by atoms with E-state index < -0.39 is 0 Å². The van der Waals surface area contributed by atoms with Crippen molar-refractivity contribution in [3.63, 3.8) is 0 Å². The van der Waals surface area contributed by atoms with E-state index in [-0.39, 0.29) is 6.61 Å². The van der Waals surface area contributed by atoms with Gasteiger partial charge in [0.1, 0.15) is 0 Å². The van der Waals surface area contributed by atoms with Gasteiger partial charge in [-0.25, -0.2) is 0 Å². The van der Waals surface area contributed by atoms with Gasteiger partial charge in [-0.3, -0.25) is 0 Å². The van der Waals surface area contributed by atoms with Crippen LogP contribution in [-0.4, -0.2) is 31.3 Å². The molecule has 3 nitrogen and oxygen atoms in total. The number of nitrogens with zero attached hydrogens (tertiary/aromatic N) is 1. The van der Waals surface area contributed by atoms with Crippen molar-refractivity contribution < 1.29 is 5.11 Å². The van der Waals surface area contributed by atoms with Crippen molar-refractivity contribution in [3.8, 4) is 0 Å². The van der Waals surface area contributed by atoms with Crippen LogP contribution in [0, 0.1) is 0 Å². The Morgan fingerprint density at radius 2 is 1.87 bits per heavy atom. The highest BCUT2D eigenvalue weighted by Crippen LogP contribution is 2.16. The third-order valence-electron chi connectivity index (χ3n) is 2.20. The summed E-state index contributed by atoms with van der Waals surface area (Å²) >= 11 is 0. The van der Waals surface area contributed by atoms with Gasteiger partial charge < -0.3 is 15.3 Å². The number of hydrogen-bond acceptors (Lipinski definition) is 3. The van der Waals surface area contributed by atoms with Crippen molar-refractivity contribution in [2.45, 2.75) is 19.9 Å². The molecule has 0 spiro atoms. The van der Waals surface area contributed by atoms with Gasteiger partial charge in [0.15, 0.2) is 0 Å². The molecular formula is C12H20N2O. The van der Waals surface area contributed by atoms with E-state index in [1.165, 1.54) is 0 Å². The van der Waals surface area contributed by atoms with Crippen molar-refractivity contribution in [1.82, 2.24) is 0 Å². The maximum atomic E-state index is 8.82. The van der Waals surface area contributed by atoms with E-state index in [1.54, 1.807) is 0 Å². The van der Waals surface area contributed by atoms with Gasteiger partial charge >= 0.3 is 0 Å². The molecule has 84 valence electrons. The van der Waals surface area contributed by atoms with Gasteiger partial charge in [0.05, 0.1) is 6.61 Å². The molecule has 1 aromatic carbocycles. The Bertz CT molecular complexity index is 282. The number of aliphatic hydroxyl groups is 1. The van der Waals surface area contributed by atoms with Gasteiger partial charge in [-0.2, -0.15) is 0 Å². The first kappa shape index (κ1) is 11.9. The number of benzene rings is 1. The SMILES string of the molecule is CC(C)Nc1ccc(N(C)CCO)cc1. The van der Waals surface area contributed by atoms with Crippen LogP contribution in [0.4, 0.5) is 11.4 Å². The maximum Gasteiger partial charge on any atom is 0.0606 e. The second-order valence-corrected chi connectivity index (χ2v) is 3.99. The Kier molecular flexibility index (Phi) is 4.43. The third-order valence-corrected chi connectivity index (χ3v) is 2.20.